The van der Waals surface area contributed by atoms with Crippen molar-refractivity contribution in [3.05, 3.63) is 12.2 Å². The molecule has 0 rings (SSSR count). The maximum absolute atomic E-state index is 3.57. The molecular weight excluding hydrogens is 76.1 g/mol. The number of rotatable bonds is 1. The second kappa shape index (κ2) is 2.09. The third kappa shape index (κ3) is 3.83. The largest absolute Gasteiger partial charge is 0.0965 e. The molecule has 0 saturated carbocycles. The highest BCUT2D eigenvalue weighted by Gasteiger charge is 1.59. The molecule has 0 fully saturated rings. The normalized spacial score (nSPS) is 6.60. The van der Waals surface area contributed by atoms with Crippen molar-refractivity contribution in [2.24, 2.45) is 0 Å². The first-order valence-electron chi connectivity index (χ1n) is 1.43. The van der Waals surface area contributed by atoms with Gasteiger partial charge in [-0.3, -0.25) is 0 Å². The Labute approximate surface area is 35.6 Å². The van der Waals surface area contributed by atoms with Crippen molar-refractivity contribution in [2.45, 2.75) is 6.92 Å². The van der Waals surface area contributed by atoms with Gasteiger partial charge >= 0.3 is 0 Å². The fraction of sp³-hybridized carbons (Fsp3) is 0.250. The molecule has 0 amide bonds. The highest BCUT2D eigenvalue weighted by molar-refractivity contribution is 6.32. The molecule has 0 unspecified atom stereocenters. The summed E-state index contributed by atoms with van der Waals surface area (Å²) in [6, 6.07) is 0. The minimum atomic E-state index is 1.04. The van der Waals surface area contributed by atoms with Crippen LogP contribution in [0, 0.1) is 0 Å². The molecule has 5 heavy (non-hydrogen) atoms. The van der Waals surface area contributed by atoms with Crippen LogP contribution in [-0.4, -0.2) is 15.5 Å². The van der Waals surface area contributed by atoms with Crippen molar-refractivity contribution in [1.29, 1.82) is 0 Å². The molecular formula is C4H6Si. The van der Waals surface area contributed by atoms with Gasteiger partial charge in [0.2, 0.25) is 0 Å². The quantitative estimate of drug-likeness (QED) is 0.405. The molecule has 0 aromatic heterocycles. The Morgan fingerprint density at radius 3 is 2.20 bits per heavy atom. The van der Waals surface area contributed by atoms with E-state index in [1.54, 1.807) is 5.67 Å². The molecule has 0 saturated heterocycles. The highest BCUT2D eigenvalue weighted by Crippen LogP contribution is 1.70. The van der Waals surface area contributed by atoms with E-state index in [1.807, 2.05) is 6.92 Å². The summed E-state index contributed by atoms with van der Waals surface area (Å²) in [6.07, 6.45) is 0. The summed E-state index contributed by atoms with van der Waals surface area (Å²) in [6.45, 7) is 5.49. The van der Waals surface area contributed by atoms with Crippen LogP contribution in [0.3, 0.4) is 0 Å². The standard InChI is InChI=1S/C4H6Si/c1-4(2)3-5/h3H,1H2,2H3. The van der Waals surface area contributed by atoms with Crippen LogP contribution in [0.4, 0.5) is 0 Å². The molecule has 0 heterocycles. The lowest BCUT2D eigenvalue weighted by molar-refractivity contribution is 1.69. The average Bonchev–Trinajstić information content (AvgIpc) is 1.38. The van der Waals surface area contributed by atoms with Gasteiger partial charge in [-0.2, -0.15) is 0 Å². The molecule has 0 nitrogen and oxygen atoms in total. The lowest BCUT2D eigenvalue weighted by Gasteiger charge is -1.71. The van der Waals surface area contributed by atoms with Crippen LogP contribution in [0.1, 0.15) is 6.92 Å². The van der Waals surface area contributed by atoms with Gasteiger partial charge in [0.05, 0.1) is 0 Å². The monoisotopic (exact) mass is 82.0 g/mol. The summed E-state index contributed by atoms with van der Waals surface area (Å²) in [5, 5.41) is 0. The first kappa shape index (κ1) is 4.83. The van der Waals surface area contributed by atoms with Crippen LogP contribution in [0.5, 0.6) is 0 Å². The first-order valence-corrected chi connectivity index (χ1v) is 2.01. The molecule has 0 aliphatic heterocycles. The fourth-order valence-electron chi connectivity index (χ4n) is 0. The van der Waals surface area contributed by atoms with Crippen LogP contribution < -0.4 is 0 Å². The summed E-state index contributed by atoms with van der Waals surface area (Å²) in [5.74, 6) is 0. The summed E-state index contributed by atoms with van der Waals surface area (Å²) >= 11 is 0. The molecule has 0 aliphatic carbocycles. The minimum absolute atomic E-state index is 1.04. The predicted octanol–water partition coefficient (Wildman–Crippen LogP) is 0.533. The van der Waals surface area contributed by atoms with E-state index in [9.17, 15) is 0 Å². The van der Waals surface area contributed by atoms with Crippen LogP contribution in [0.2, 0.25) is 0 Å². The van der Waals surface area contributed by atoms with E-state index in [-0.39, 0.29) is 0 Å². The molecule has 0 aliphatic rings. The lowest BCUT2D eigenvalue weighted by atomic mass is 10.4. The topological polar surface area (TPSA) is 0 Å². The number of hydrogen-bond acceptors (Lipinski definition) is 0. The minimum Gasteiger partial charge on any atom is -0.0965 e. The molecule has 0 spiro atoms. The van der Waals surface area contributed by atoms with Gasteiger partial charge in [-0.15, -0.1) is 0 Å². The van der Waals surface area contributed by atoms with E-state index >= 15 is 0 Å². The van der Waals surface area contributed by atoms with E-state index in [4.69, 9.17) is 0 Å². The Kier molecular flexibility index (Phi) is 2.02. The Hall–Kier alpha value is -0.173. The second-order valence-electron chi connectivity index (χ2n) is 0.991. The summed E-state index contributed by atoms with van der Waals surface area (Å²) in [7, 11) is 3.13. The van der Waals surface area contributed by atoms with E-state index < -0.39 is 0 Å². The Bertz CT molecular complexity index is 54.7. The molecule has 2 radical (unpaired) electrons. The van der Waals surface area contributed by atoms with E-state index in [0.29, 0.717) is 0 Å². The third-order valence-electron chi connectivity index (χ3n) is 0.246. The Morgan fingerprint density at radius 2 is 2.20 bits per heavy atom. The number of allylic oxidation sites excluding steroid dienone is 1. The van der Waals surface area contributed by atoms with Crippen LogP contribution in [0.15, 0.2) is 12.2 Å². The van der Waals surface area contributed by atoms with Gasteiger partial charge < -0.3 is 0 Å². The van der Waals surface area contributed by atoms with Crippen LogP contribution in [0.25, 0.3) is 0 Å². The van der Waals surface area contributed by atoms with Crippen LogP contribution in [-0.2, 0) is 0 Å². The zero-order valence-corrected chi connectivity index (χ0v) is 4.28. The van der Waals surface area contributed by atoms with Gasteiger partial charge in [0.25, 0.3) is 0 Å². The summed E-state index contributed by atoms with van der Waals surface area (Å²) in [4.78, 5) is 0. The van der Waals surface area contributed by atoms with E-state index in [0.717, 1.165) is 5.57 Å². The molecule has 0 aromatic rings. The fourth-order valence-corrected chi connectivity index (χ4v) is 0. The van der Waals surface area contributed by atoms with E-state index in [2.05, 4.69) is 16.4 Å². The zero-order chi connectivity index (χ0) is 4.28. The van der Waals surface area contributed by atoms with Crippen molar-refractivity contribution >= 4 is 15.5 Å². The van der Waals surface area contributed by atoms with Gasteiger partial charge in [0, 0.05) is 9.85 Å². The molecule has 0 N–H and O–H groups in total. The molecule has 0 aromatic carbocycles. The average molecular weight is 82.2 g/mol. The van der Waals surface area contributed by atoms with Gasteiger partial charge in [-0.1, -0.05) is 17.8 Å². The maximum Gasteiger partial charge on any atom is 0.0299 e. The van der Waals surface area contributed by atoms with Crippen molar-refractivity contribution in [3.8, 4) is 0 Å². The lowest BCUT2D eigenvalue weighted by Crippen LogP contribution is -1.67. The maximum atomic E-state index is 3.57. The first-order chi connectivity index (χ1) is 2.27. The van der Waals surface area contributed by atoms with Crippen molar-refractivity contribution < 1.29 is 0 Å². The summed E-state index contributed by atoms with van der Waals surface area (Å²) in [5.41, 5.74) is 2.82. The number of hydrogen-bond donors (Lipinski definition) is 0. The zero-order valence-electron chi connectivity index (χ0n) is 3.28. The molecule has 26 valence electrons. The van der Waals surface area contributed by atoms with Crippen molar-refractivity contribution in [2.75, 3.05) is 0 Å². The van der Waals surface area contributed by atoms with Crippen molar-refractivity contribution in [3.63, 3.8) is 0 Å². The van der Waals surface area contributed by atoms with Crippen molar-refractivity contribution in [1.82, 2.24) is 0 Å². The third-order valence-corrected chi connectivity index (χ3v) is 0.739. The Balaban J connectivity index is 3.20. The predicted molar refractivity (Wildman–Crippen MR) is 26.6 cm³/mol. The van der Waals surface area contributed by atoms with Crippen LogP contribution >= 0.6 is 0 Å². The van der Waals surface area contributed by atoms with E-state index in [1.165, 1.54) is 0 Å². The molecule has 1 heteroatoms. The smallest absolute Gasteiger partial charge is 0.0299 e. The SMILES string of the molecule is C=C(C)C=[Si]. The molecule has 0 atom stereocenters. The molecule has 0 bridgehead atoms. The van der Waals surface area contributed by atoms with Gasteiger partial charge in [0.15, 0.2) is 0 Å². The van der Waals surface area contributed by atoms with Gasteiger partial charge in [-0.25, -0.2) is 0 Å². The van der Waals surface area contributed by atoms with Gasteiger partial charge in [0.1, 0.15) is 0 Å². The Morgan fingerprint density at radius 1 is 2.00 bits per heavy atom. The second-order valence-corrected chi connectivity index (χ2v) is 1.28. The van der Waals surface area contributed by atoms with Gasteiger partial charge in [-0.05, 0) is 6.92 Å². The summed E-state index contributed by atoms with van der Waals surface area (Å²) < 4.78 is 0. The highest BCUT2D eigenvalue weighted by atomic mass is 28.1.